The Kier molecular flexibility index (Phi) is 5.57. The zero-order valence-electron chi connectivity index (χ0n) is 11.9. The summed E-state index contributed by atoms with van der Waals surface area (Å²) in [6, 6.07) is 9.62. The SMILES string of the molecule is CS(=O)(=O)CC(NCC1CCCOC1)c1ccccc1. The van der Waals surface area contributed by atoms with Crippen molar-refractivity contribution in [2.45, 2.75) is 18.9 Å². The fourth-order valence-electron chi connectivity index (χ4n) is 2.54. The van der Waals surface area contributed by atoms with Gasteiger partial charge in [-0.25, -0.2) is 8.42 Å². The van der Waals surface area contributed by atoms with Crippen LogP contribution in [0.3, 0.4) is 0 Å². The fraction of sp³-hybridized carbons (Fsp3) is 0.600. The van der Waals surface area contributed by atoms with Crippen LogP contribution in [0, 0.1) is 5.92 Å². The van der Waals surface area contributed by atoms with Gasteiger partial charge in [0, 0.05) is 25.4 Å². The third-order valence-corrected chi connectivity index (χ3v) is 4.52. The largest absolute Gasteiger partial charge is 0.381 e. The van der Waals surface area contributed by atoms with E-state index in [1.807, 2.05) is 30.3 Å². The van der Waals surface area contributed by atoms with Crippen molar-refractivity contribution in [1.29, 1.82) is 0 Å². The van der Waals surface area contributed by atoms with Crippen molar-refractivity contribution in [3.8, 4) is 0 Å². The van der Waals surface area contributed by atoms with Crippen molar-refractivity contribution >= 4 is 9.84 Å². The number of hydrogen-bond donors (Lipinski definition) is 1. The molecule has 1 aliphatic heterocycles. The second-order valence-electron chi connectivity index (χ2n) is 5.55. The van der Waals surface area contributed by atoms with Gasteiger partial charge in [-0.15, -0.1) is 0 Å². The van der Waals surface area contributed by atoms with Gasteiger partial charge in [0.15, 0.2) is 0 Å². The predicted molar refractivity (Wildman–Crippen MR) is 80.4 cm³/mol. The number of sulfone groups is 1. The van der Waals surface area contributed by atoms with Crippen LogP contribution in [0.2, 0.25) is 0 Å². The predicted octanol–water partition coefficient (Wildman–Crippen LogP) is 1.79. The first-order chi connectivity index (χ1) is 9.54. The van der Waals surface area contributed by atoms with Gasteiger partial charge in [0.05, 0.1) is 12.4 Å². The molecule has 20 heavy (non-hydrogen) atoms. The number of hydrogen-bond acceptors (Lipinski definition) is 4. The van der Waals surface area contributed by atoms with E-state index >= 15 is 0 Å². The van der Waals surface area contributed by atoms with Crippen LogP contribution >= 0.6 is 0 Å². The van der Waals surface area contributed by atoms with Gasteiger partial charge in [-0.05, 0) is 24.3 Å². The summed E-state index contributed by atoms with van der Waals surface area (Å²) in [6.45, 7) is 2.42. The topological polar surface area (TPSA) is 55.4 Å². The zero-order chi connectivity index (χ0) is 14.4. The molecule has 2 unspecified atom stereocenters. The van der Waals surface area contributed by atoms with Gasteiger partial charge in [0.1, 0.15) is 9.84 Å². The molecule has 1 aromatic rings. The van der Waals surface area contributed by atoms with Crippen molar-refractivity contribution in [3.05, 3.63) is 35.9 Å². The van der Waals surface area contributed by atoms with Crippen molar-refractivity contribution in [2.75, 3.05) is 31.8 Å². The summed E-state index contributed by atoms with van der Waals surface area (Å²) in [5, 5.41) is 3.40. The van der Waals surface area contributed by atoms with Gasteiger partial charge >= 0.3 is 0 Å². The van der Waals surface area contributed by atoms with Crippen LogP contribution in [-0.4, -0.2) is 40.2 Å². The lowest BCUT2D eigenvalue weighted by Gasteiger charge is -2.25. The molecule has 0 amide bonds. The lowest BCUT2D eigenvalue weighted by molar-refractivity contribution is 0.0540. The third-order valence-electron chi connectivity index (χ3n) is 3.58. The number of ether oxygens (including phenoxy) is 1. The molecule has 1 fully saturated rings. The number of rotatable bonds is 6. The molecule has 1 saturated heterocycles. The van der Waals surface area contributed by atoms with E-state index in [0.29, 0.717) is 5.92 Å². The second-order valence-corrected chi connectivity index (χ2v) is 7.73. The van der Waals surface area contributed by atoms with Crippen LogP contribution < -0.4 is 5.32 Å². The molecule has 1 aromatic carbocycles. The minimum atomic E-state index is -3.02. The Balaban J connectivity index is 1.99. The lowest BCUT2D eigenvalue weighted by Crippen LogP contribution is -2.34. The molecule has 0 aromatic heterocycles. The first-order valence-electron chi connectivity index (χ1n) is 7.08. The van der Waals surface area contributed by atoms with Crippen molar-refractivity contribution in [3.63, 3.8) is 0 Å². The maximum absolute atomic E-state index is 11.6. The van der Waals surface area contributed by atoms with Crippen LogP contribution in [0.4, 0.5) is 0 Å². The van der Waals surface area contributed by atoms with Gasteiger partial charge in [0.2, 0.25) is 0 Å². The van der Waals surface area contributed by atoms with Crippen molar-refractivity contribution in [2.24, 2.45) is 5.92 Å². The maximum Gasteiger partial charge on any atom is 0.149 e. The molecular weight excluding hydrogens is 274 g/mol. The van der Waals surface area contributed by atoms with Gasteiger partial charge < -0.3 is 10.1 Å². The summed E-state index contributed by atoms with van der Waals surface area (Å²) in [5.41, 5.74) is 1.02. The van der Waals surface area contributed by atoms with Gasteiger partial charge in [0.25, 0.3) is 0 Å². The molecule has 1 heterocycles. The van der Waals surface area contributed by atoms with E-state index in [1.165, 1.54) is 6.26 Å². The molecule has 2 rings (SSSR count). The maximum atomic E-state index is 11.6. The molecule has 4 nitrogen and oxygen atoms in total. The summed E-state index contributed by atoms with van der Waals surface area (Å²) < 4.78 is 28.7. The van der Waals surface area contributed by atoms with Crippen LogP contribution in [0.25, 0.3) is 0 Å². The smallest absolute Gasteiger partial charge is 0.149 e. The Morgan fingerprint density at radius 2 is 2.10 bits per heavy atom. The molecule has 0 spiro atoms. The number of benzene rings is 1. The quantitative estimate of drug-likeness (QED) is 0.870. The molecule has 1 aliphatic rings. The van der Waals surface area contributed by atoms with Crippen LogP contribution in [0.1, 0.15) is 24.4 Å². The first-order valence-corrected chi connectivity index (χ1v) is 9.14. The van der Waals surface area contributed by atoms with E-state index in [9.17, 15) is 8.42 Å². The first kappa shape index (κ1) is 15.5. The Morgan fingerprint density at radius 3 is 2.70 bits per heavy atom. The summed E-state index contributed by atoms with van der Waals surface area (Å²) in [5.74, 6) is 0.611. The Bertz CT molecular complexity index is 495. The third kappa shape index (κ3) is 5.23. The highest BCUT2D eigenvalue weighted by Gasteiger charge is 2.20. The molecule has 0 saturated carbocycles. The molecule has 1 N–H and O–H groups in total. The van der Waals surface area contributed by atoms with E-state index in [-0.39, 0.29) is 11.8 Å². The van der Waals surface area contributed by atoms with Gasteiger partial charge in [-0.3, -0.25) is 0 Å². The Morgan fingerprint density at radius 1 is 1.35 bits per heavy atom. The molecule has 0 aliphatic carbocycles. The average Bonchev–Trinajstić information content (AvgIpc) is 2.44. The highest BCUT2D eigenvalue weighted by atomic mass is 32.2. The van der Waals surface area contributed by atoms with Crippen LogP contribution in [-0.2, 0) is 14.6 Å². The normalized spacial score (nSPS) is 21.6. The minimum absolute atomic E-state index is 0.130. The molecular formula is C15H23NO3S. The molecule has 112 valence electrons. The number of nitrogens with one attached hydrogen (secondary N) is 1. The van der Waals surface area contributed by atoms with E-state index in [4.69, 9.17) is 4.74 Å². The van der Waals surface area contributed by atoms with Crippen molar-refractivity contribution in [1.82, 2.24) is 5.32 Å². The Hall–Kier alpha value is -0.910. The molecule has 0 radical (unpaired) electrons. The minimum Gasteiger partial charge on any atom is -0.381 e. The van der Waals surface area contributed by atoms with Gasteiger partial charge in [-0.1, -0.05) is 30.3 Å². The van der Waals surface area contributed by atoms with Crippen LogP contribution in [0.5, 0.6) is 0 Å². The molecule has 2 atom stereocenters. The summed E-state index contributed by atoms with van der Waals surface area (Å²) in [6.07, 6.45) is 3.52. The highest BCUT2D eigenvalue weighted by molar-refractivity contribution is 7.90. The van der Waals surface area contributed by atoms with E-state index in [1.54, 1.807) is 0 Å². The van der Waals surface area contributed by atoms with E-state index in [0.717, 1.165) is 38.2 Å². The molecule has 0 bridgehead atoms. The zero-order valence-corrected chi connectivity index (χ0v) is 12.7. The Labute approximate surface area is 121 Å². The standard InChI is InChI=1S/C15H23NO3S/c1-20(17,18)12-15(14-7-3-2-4-8-14)16-10-13-6-5-9-19-11-13/h2-4,7-8,13,15-16H,5-6,9-12H2,1H3. The summed E-state index contributed by atoms with van der Waals surface area (Å²) >= 11 is 0. The monoisotopic (exact) mass is 297 g/mol. The lowest BCUT2D eigenvalue weighted by atomic mass is 10.0. The van der Waals surface area contributed by atoms with E-state index in [2.05, 4.69) is 5.32 Å². The highest BCUT2D eigenvalue weighted by Crippen LogP contribution is 2.17. The fourth-order valence-corrected chi connectivity index (χ4v) is 3.45. The second kappa shape index (κ2) is 7.20. The summed E-state index contributed by atoms with van der Waals surface area (Å²) in [7, 11) is -3.02. The molecule has 5 heteroatoms. The van der Waals surface area contributed by atoms with Crippen LogP contribution in [0.15, 0.2) is 30.3 Å². The van der Waals surface area contributed by atoms with Crippen molar-refractivity contribution < 1.29 is 13.2 Å². The average molecular weight is 297 g/mol. The summed E-state index contributed by atoms with van der Waals surface area (Å²) in [4.78, 5) is 0. The van der Waals surface area contributed by atoms with Gasteiger partial charge in [-0.2, -0.15) is 0 Å². The van der Waals surface area contributed by atoms with E-state index < -0.39 is 9.84 Å².